The molecule has 0 saturated carbocycles. The zero-order chi connectivity index (χ0) is 15.1. The Labute approximate surface area is 115 Å². The quantitative estimate of drug-likeness (QED) is 0.385. The molecule has 0 bridgehead atoms. The normalized spacial score (nSPS) is 9.30. The summed E-state index contributed by atoms with van der Waals surface area (Å²) in [6.45, 7) is 0. The molecule has 0 saturated heterocycles. The third-order valence-corrected chi connectivity index (χ3v) is 2.45. The van der Waals surface area contributed by atoms with Gasteiger partial charge >= 0.3 is 0 Å². The number of rotatable bonds is 3. The number of ketones is 1. The fourth-order valence-corrected chi connectivity index (χ4v) is 1.63. The molecule has 0 aliphatic carbocycles. The van der Waals surface area contributed by atoms with Crippen LogP contribution in [0.5, 0.6) is 0 Å². The number of carbonyl (C=O) groups excluding carboxylic acids is 1. The summed E-state index contributed by atoms with van der Waals surface area (Å²) in [7, 11) is 1.00. The van der Waals surface area contributed by atoms with Crippen molar-refractivity contribution in [3.8, 4) is 0 Å². The Hall–Kier alpha value is -2.73. The number of nitro groups is 1. The molecule has 0 atom stereocenters. The molecule has 0 unspecified atom stereocenters. The van der Waals surface area contributed by atoms with Crippen LogP contribution < -0.4 is 5.73 Å². The second-order valence-electron chi connectivity index (χ2n) is 3.77. The molecular weight excluding hydrogens is 260 g/mol. The summed E-state index contributed by atoms with van der Waals surface area (Å²) in [5.41, 5.74) is 6.25. The maximum absolute atomic E-state index is 12.1. The summed E-state index contributed by atoms with van der Waals surface area (Å²) < 4.78 is 0. The molecule has 2 aromatic rings. The molecule has 0 fully saturated rings. The Morgan fingerprint density at radius 3 is 2.25 bits per heavy atom. The zero-order valence-electron chi connectivity index (χ0n) is 10.8. The second-order valence-corrected chi connectivity index (χ2v) is 3.77. The number of nitro benzene ring substituents is 1. The van der Waals surface area contributed by atoms with E-state index >= 15 is 0 Å². The topological polar surface area (TPSA) is 106 Å². The Kier molecular flexibility index (Phi) is 5.37. The van der Waals surface area contributed by atoms with Crippen molar-refractivity contribution in [1.82, 2.24) is 0 Å². The van der Waals surface area contributed by atoms with Gasteiger partial charge in [0.1, 0.15) is 0 Å². The van der Waals surface area contributed by atoms with Crippen molar-refractivity contribution in [3.63, 3.8) is 0 Å². The smallest absolute Gasteiger partial charge is 0.272 e. The molecule has 6 nitrogen and oxygen atoms in total. The van der Waals surface area contributed by atoms with Crippen LogP contribution in [0.4, 0.5) is 11.4 Å². The van der Waals surface area contributed by atoms with Gasteiger partial charge in [0, 0.05) is 36.1 Å². The molecule has 0 radical (unpaired) electrons. The summed E-state index contributed by atoms with van der Waals surface area (Å²) >= 11 is 0. The van der Waals surface area contributed by atoms with E-state index in [1.165, 1.54) is 18.2 Å². The van der Waals surface area contributed by atoms with E-state index in [1.807, 2.05) is 0 Å². The largest absolute Gasteiger partial charge is 0.400 e. The molecule has 104 valence electrons. The summed E-state index contributed by atoms with van der Waals surface area (Å²) in [6.07, 6.45) is 0. The molecule has 2 aromatic carbocycles. The van der Waals surface area contributed by atoms with Crippen LogP contribution in [0, 0.1) is 10.1 Å². The summed E-state index contributed by atoms with van der Waals surface area (Å²) in [4.78, 5) is 22.2. The maximum Gasteiger partial charge on any atom is 0.272 e. The lowest BCUT2D eigenvalue weighted by atomic mass is 10.0. The molecule has 2 rings (SSSR count). The molecule has 20 heavy (non-hydrogen) atoms. The molecule has 0 aliphatic heterocycles. The van der Waals surface area contributed by atoms with Crippen LogP contribution in [0.3, 0.4) is 0 Å². The number of benzene rings is 2. The predicted octanol–water partition coefficient (Wildman–Crippen LogP) is 2.02. The van der Waals surface area contributed by atoms with Crippen molar-refractivity contribution in [3.05, 3.63) is 69.8 Å². The molecular formula is C14H14N2O4. The number of hydrogen-bond donors (Lipinski definition) is 2. The molecule has 0 heterocycles. The highest BCUT2D eigenvalue weighted by Crippen LogP contribution is 2.20. The summed E-state index contributed by atoms with van der Waals surface area (Å²) in [6, 6.07) is 12.4. The number of aliphatic hydroxyl groups is 1. The van der Waals surface area contributed by atoms with Crippen molar-refractivity contribution in [1.29, 1.82) is 0 Å². The lowest BCUT2D eigenvalue weighted by molar-refractivity contribution is -0.384. The first kappa shape index (κ1) is 15.3. The van der Waals surface area contributed by atoms with Crippen LogP contribution >= 0.6 is 0 Å². The van der Waals surface area contributed by atoms with Gasteiger partial charge in [-0.15, -0.1) is 0 Å². The number of nitrogens with two attached hydrogens (primary N) is 1. The van der Waals surface area contributed by atoms with Crippen molar-refractivity contribution in [2.45, 2.75) is 0 Å². The van der Waals surface area contributed by atoms with Gasteiger partial charge in [-0.1, -0.05) is 30.3 Å². The van der Waals surface area contributed by atoms with Gasteiger partial charge in [0.05, 0.1) is 4.92 Å². The number of anilines is 1. The van der Waals surface area contributed by atoms with Gasteiger partial charge in [-0.2, -0.15) is 0 Å². The zero-order valence-corrected chi connectivity index (χ0v) is 10.8. The van der Waals surface area contributed by atoms with Crippen molar-refractivity contribution >= 4 is 17.2 Å². The van der Waals surface area contributed by atoms with Crippen molar-refractivity contribution in [2.24, 2.45) is 0 Å². The van der Waals surface area contributed by atoms with E-state index in [0.717, 1.165) is 7.11 Å². The van der Waals surface area contributed by atoms with Crippen LogP contribution in [0.15, 0.2) is 48.5 Å². The van der Waals surface area contributed by atoms with E-state index in [2.05, 4.69) is 0 Å². The van der Waals surface area contributed by atoms with Crippen LogP contribution in [0.25, 0.3) is 0 Å². The van der Waals surface area contributed by atoms with E-state index in [1.54, 1.807) is 30.3 Å². The fourth-order valence-electron chi connectivity index (χ4n) is 1.63. The third kappa shape index (κ3) is 3.63. The predicted molar refractivity (Wildman–Crippen MR) is 75.5 cm³/mol. The van der Waals surface area contributed by atoms with E-state index in [-0.39, 0.29) is 22.7 Å². The van der Waals surface area contributed by atoms with Crippen molar-refractivity contribution < 1.29 is 14.8 Å². The Morgan fingerprint density at radius 2 is 1.70 bits per heavy atom. The Balaban J connectivity index is 0.000000956. The van der Waals surface area contributed by atoms with Gasteiger partial charge < -0.3 is 10.8 Å². The molecule has 0 aliphatic rings. The second kappa shape index (κ2) is 7.01. The number of nitrogens with zero attached hydrogens (tertiary/aromatic N) is 1. The maximum atomic E-state index is 12.1. The van der Waals surface area contributed by atoms with Gasteiger partial charge in [-0.25, -0.2) is 0 Å². The number of carbonyl (C=O) groups is 1. The number of aliphatic hydroxyl groups excluding tert-OH is 1. The molecule has 6 heteroatoms. The van der Waals surface area contributed by atoms with Gasteiger partial charge in [-0.3, -0.25) is 14.9 Å². The average Bonchev–Trinajstić information content (AvgIpc) is 2.48. The van der Waals surface area contributed by atoms with E-state index in [9.17, 15) is 14.9 Å². The molecule has 3 N–H and O–H groups in total. The number of hydrogen-bond acceptors (Lipinski definition) is 5. The van der Waals surface area contributed by atoms with E-state index in [0.29, 0.717) is 5.56 Å². The highest BCUT2D eigenvalue weighted by Gasteiger charge is 2.14. The SMILES string of the molecule is CO.Nc1cc(C(=O)c2ccccc2)cc([N+](=O)[O-])c1. The first-order valence-electron chi connectivity index (χ1n) is 5.67. The summed E-state index contributed by atoms with van der Waals surface area (Å²) in [5, 5.41) is 17.7. The first-order chi connectivity index (χ1) is 9.58. The number of non-ortho nitro benzene ring substituents is 1. The standard InChI is InChI=1S/C13H10N2O3.CH4O/c14-11-6-10(7-12(8-11)15(17)18)13(16)9-4-2-1-3-5-9;1-2/h1-8H,14H2;2H,1H3. The lowest BCUT2D eigenvalue weighted by Gasteiger charge is -2.02. The van der Waals surface area contributed by atoms with E-state index < -0.39 is 4.92 Å². The first-order valence-corrected chi connectivity index (χ1v) is 5.67. The Bertz CT molecular complexity index is 612. The van der Waals surface area contributed by atoms with Crippen LogP contribution in [-0.4, -0.2) is 22.9 Å². The van der Waals surface area contributed by atoms with Gasteiger partial charge in [0.15, 0.2) is 5.78 Å². The lowest BCUT2D eigenvalue weighted by Crippen LogP contribution is -2.03. The van der Waals surface area contributed by atoms with Crippen molar-refractivity contribution in [2.75, 3.05) is 12.8 Å². The molecule has 0 spiro atoms. The van der Waals surface area contributed by atoms with Crippen LogP contribution in [-0.2, 0) is 0 Å². The molecule has 0 amide bonds. The van der Waals surface area contributed by atoms with Gasteiger partial charge in [0.2, 0.25) is 0 Å². The van der Waals surface area contributed by atoms with Crippen LogP contribution in [0.2, 0.25) is 0 Å². The average molecular weight is 274 g/mol. The minimum Gasteiger partial charge on any atom is -0.400 e. The minimum atomic E-state index is -0.571. The summed E-state index contributed by atoms with van der Waals surface area (Å²) in [5.74, 6) is -0.286. The minimum absolute atomic E-state index is 0.186. The van der Waals surface area contributed by atoms with Crippen LogP contribution in [0.1, 0.15) is 15.9 Å². The molecule has 0 aromatic heterocycles. The van der Waals surface area contributed by atoms with E-state index in [4.69, 9.17) is 10.8 Å². The van der Waals surface area contributed by atoms with Gasteiger partial charge in [-0.05, 0) is 6.07 Å². The highest BCUT2D eigenvalue weighted by molar-refractivity contribution is 6.09. The van der Waals surface area contributed by atoms with Gasteiger partial charge in [0.25, 0.3) is 5.69 Å². The highest BCUT2D eigenvalue weighted by atomic mass is 16.6. The Morgan fingerprint density at radius 1 is 1.10 bits per heavy atom. The fraction of sp³-hybridized carbons (Fsp3) is 0.0714. The monoisotopic (exact) mass is 274 g/mol. The third-order valence-electron chi connectivity index (χ3n) is 2.45. The number of nitrogen functional groups attached to an aromatic ring is 1.